The van der Waals surface area contributed by atoms with E-state index in [2.05, 4.69) is 21.5 Å². The number of benzene rings is 2. The summed E-state index contributed by atoms with van der Waals surface area (Å²) in [6, 6.07) is 12.4. The van der Waals surface area contributed by atoms with Gasteiger partial charge in [-0.05, 0) is 68.0 Å². The lowest BCUT2D eigenvalue weighted by Crippen LogP contribution is -2.42. The van der Waals surface area contributed by atoms with E-state index >= 15 is 0 Å². The Labute approximate surface area is 207 Å². The molecule has 188 valence electrons. The van der Waals surface area contributed by atoms with Crippen LogP contribution in [-0.4, -0.2) is 32.5 Å². The largest absolute Gasteiger partial charge is 0.444 e. The van der Waals surface area contributed by atoms with Crippen LogP contribution in [0.5, 0.6) is 0 Å². The Balaban J connectivity index is 1.53. The number of hydrogen-bond donors (Lipinski definition) is 1. The fourth-order valence-corrected chi connectivity index (χ4v) is 3.85. The van der Waals surface area contributed by atoms with Crippen molar-refractivity contribution in [1.82, 2.24) is 20.1 Å². The number of pyridine rings is 1. The molecule has 1 N–H and O–H groups in total. The average Bonchev–Trinajstić information content (AvgIpc) is 3.25. The molecule has 1 atom stereocenters. The summed E-state index contributed by atoms with van der Waals surface area (Å²) in [5, 5.41) is 9.37. The number of carbonyl (C=O) groups is 1. The van der Waals surface area contributed by atoms with Crippen molar-refractivity contribution in [1.29, 1.82) is 0 Å². The first-order chi connectivity index (χ1) is 17.0. The van der Waals surface area contributed by atoms with Gasteiger partial charge in [0.2, 0.25) is 0 Å². The Hall–Kier alpha value is -3.88. The van der Waals surface area contributed by atoms with Gasteiger partial charge in [0, 0.05) is 29.5 Å². The number of nitrogens with one attached hydrogen (secondary N) is 1. The summed E-state index contributed by atoms with van der Waals surface area (Å²) < 4.78 is 45.9. The van der Waals surface area contributed by atoms with E-state index in [1.807, 2.05) is 24.4 Å². The Bertz CT molecular complexity index is 1340. The minimum atomic E-state index is -4.41. The number of alkyl carbamates (subject to hydrolysis) is 1. The SMILES string of the molecule is CC(C)(C)OC(=O)N[C@@H](Cc1ccc(C(F)(F)F)cc1)Cn1cc(-c2ccc3cnccc3c2)cn1. The number of nitrogens with zero attached hydrogens (tertiary/aromatic N) is 3. The van der Waals surface area contributed by atoms with E-state index < -0.39 is 29.5 Å². The minimum absolute atomic E-state index is 0.301. The number of carbonyl (C=O) groups excluding carboxylic acids is 1. The van der Waals surface area contributed by atoms with Gasteiger partial charge in [-0.15, -0.1) is 0 Å². The smallest absolute Gasteiger partial charge is 0.416 e. The molecular weight excluding hydrogens is 469 g/mol. The molecule has 2 heterocycles. The molecule has 6 nitrogen and oxygen atoms in total. The third-order valence-corrected chi connectivity index (χ3v) is 5.50. The number of alkyl halides is 3. The molecule has 0 spiro atoms. The highest BCUT2D eigenvalue weighted by Gasteiger charge is 2.30. The summed E-state index contributed by atoms with van der Waals surface area (Å²) in [7, 11) is 0. The molecule has 0 aliphatic rings. The van der Waals surface area contributed by atoms with Crippen LogP contribution in [0.1, 0.15) is 31.9 Å². The van der Waals surface area contributed by atoms with Crippen LogP contribution >= 0.6 is 0 Å². The highest BCUT2D eigenvalue weighted by atomic mass is 19.4. The summed E-state index contributed by atoms with van der Waals surface area (Å²) >= 11 is 0. The third-order valence-electron chi connectivity index (χ3n) is 5.50. The van der Waals surface area contributed by atoms with Crippen molar-refractivity contribution in [3.8, 4) is 11.1 Å². The van der Waals surface area contributed by atoms with Crippen LogP contribution in [-0.2, 0) is 23.9 Å². The van der Waals surface area contributed by atoms with E-state index in [1.54, 1.807) is 44.0 Å². The number of ether oxygens (including phenoxy) is 1. The van der Waals surface area contributed by atoms with E-state index in [-0.39, 0.29) is 0 Å². The molecule has 9 heteroatoms. The maximum atomic E-state index is 12.9. The Morgan fingerprint density at radius 2 is 1.75 bits per heavy atom. The van der Waals surface area contributed by atoms with Gasteiger partial charge in [0.1, 0.15) is 5.60 Å². The van der Waals surface area contributed by atoms with Gasteiger partial charge in [-0.3, -0.25) is 9.67 Å². The van der Waals surface area contributed by atoms with E-state index in [0.29, 0.717) is 18.5 Å². The summed E-state index contributed by atoms with van der Waals surface area (Å²) in [6.45, 7) is 5.59. The second-order valence-corrected chi connectivity index (χ2v) is 9.63. The fourth-order valence-electron chi connectivity index (χ4n) is 3.85. The zero-order valence-corrected chi connectivity index (χ0v) is 20.2. The topological polar surface area (TPSA) is 69.0 Å². The van der Waals surface area contributed by atoms with Crippen LogP contribution in [0.2, 0.25) is 0 Å². The van der Waals surface area contributed by atoms with Crippen LogP contribution < -0.4 is 5.32 Å². The number of aromatic nitrogens is 3. The molecule has 0 bridgehead atoms. The normalized spacial score (nSPS) is 12.9. The molecule has 36 heavy (non-hydrogen) atoms. The summed E-state index contributed by atoms with van der Waals surface area (Å²) in [5.41, 5.74) is 1.14. The number of fused-ring (bicyclic) bond motifs is 1. The average molecular weight is 497 g/mol. The number of hydrogen-bond acceptors (Lipinski definition) is 4. The lowest BCUT2D eigenvalue weighted by molar-refractivity contribution is -0.137. The predicted octanol–water partition coefficient (Wildman–Crippen LogP) is 6.25. The van der Waals surface area contributed by atoms with Gasteiger partial charge in [0.05, 0.1) is 24.3 Å². The molecule has 0 aliphatic heterocycles. The van der Waals surface area contributed by atoms with E-state index in [0.717, 1.165) is 34.0 Å². The molecule has 0 aliphatic carbocycles. The molecule has 0 saturated carbocycles. The van der Waals surface area contributed by atoms with Gasteiger partial charge in [-0.1, -0.05) is 24.3 Å². The predicted molar refractivity (Wildman–Crippen MR) is 131 cm³/mol. The van der Waals surface area contributed by atoms with Crippen molar-refractivity contribution >= 4 is 16.9 Å². The van der Waals surface area contributed by atoms with E-state index in [1.165, 1.54) is 12.1 Å². The first-order valence-electron chi connectivity index (χ1n) is 11.5. The highest BCUT2D eigenvalue weighted by Crippen LogP contribution is 2.29. The maximum absolute atomic E-state index is 12.9. The van der Waals surface area contributed by atoms with Crippen molar-refractivity contribution < 1.29 is 22.7 Å². The molecule has 4 rings (SSSR count). The lowest BCUT2D eigenvalue weighted by atomic mass is 10.0. The molecule has 0 saturated heterocycles. The van der Waals surface area contributed by atoms with Gasteiger partial charge >= 0.3 is 12.3 Å². The van der Waals surface area contributed by atoms with E-state index in [9.17, 15) is 18.0 Å². The third kappa shape index (κ3) is 6.62. The summed E-state index contributed by atoms with van der Waals surface area (Å²) in [6.07, 6.45) is 2.45. The molecule has 2 aromatic heterocycles. The van der Waals surface area contributed by atoms with Crippen molar-refractivity contribution in [3.63, 3.8) is 0 Å². The van der Waals surface area contributed by atoms with Crippen LogP contribution in [0.3, 0.4) is 0 Å². The maximum Gasteiger partial charge on any atom is 0.416 e. The number of halogens is 3. The zero-order valence-electron chi connectivity index (χ0n) is 20.2. The Kier molecular flexibility index (Phi) is 7.01. The first kappa shape index (κ1) is 25.2. The Morgan fingerprint density at radius 3 is 2.44 bits per heavy atom. The lowest BCUT2D eigenvalue weighted by Gasteiger charge is -2.24. The van der Waals surface area contributed by atoms with Gasteiger partial charge in [-0.25, -0.2) is 4.79 Å². The minimum Gasteiger partial charge on any atom is -0.444 e. The van der Waals surface area contributed by atoms with Gasteiger partial charge in [0.25, 0.3) is 0 Å². The van der Waals surface area contributed by atoms with Crippen LogP contribution in [0, 0.1) is 0 Å². The monoisotopic (exact) mass is 496 g/mol. The van der Waals surface area contributed by atoms with Crippen molar-refractivity contribution in [2.45, 2.75) is 51.6 Å². The second kappa shape index (κ2) is 10.0. The molecule has 2 aromatic carbocycles. The quantitative estimate of drug-likeness (QED) is 0.342. The zero-order chi connectivity index (χ0) is 25.9. The summed E-state index contributed by atoms with van der Waals surface area (Å²) in [4.78, 5) is 16.6. The fraction of sp³-hybridized carbons (Fsp3) is 0.296. The molecular formula is C27H27F3N4O2. The molecule has 0 fully saturated rings. The molecule has 0 radical (unpaired) electrons. The number of amides is 1. The highest BCUT2D eigenvalue weighted by molar-refractivity contribution is 5.86. The van der Waals surface area contributed by atoms with Crippen molar-refractivity contribution in [3.05, 3.63) is 84.4 Å². The van der Waals surface area contributed by atoms with Crippen LogP contribution in [0.4, 0.5) is 18.0 Å². The Morgan fingerprint density at radius 1 is 1.00 bits per heavy atom. The van der Waals surface area contributed by atoms with Crippen molar-refractivity contribution in [2.24, 2.45) is 0 Å². The van der Waals surface area contributed by atoms with Gasteiger partial charge in [-0.2, -0.15) is 18.3 Å². The van der Waals surface area contributed by atoms with Crippen LogP contribution in [0.25, 0.3) is 21.9 Å². The molecule has 0 unspecified atom stereocenters. The summed E-state index contributed by atoms with van der Waals surface area (Å²) in [5.74, 6) is 0. The molecule has 1 amide bonds. The van der Waals surface area contributed by atoms with Crippen molar-refractivity contribution in [2.75, 3.05) is 0 Å². The van der Waals surface area contributed by atoms with Gasteiger partial charge < -0.3 is 10.1 Å². The number of rotatable bonds is 6. The second-order valence-electron chi connectivity index (χ2n) is 9.63. The first-order valence-corrected chi connectivity index (χ1v) is 11.5. The van der Waals surface area contributed by atoms with Crippen LogP contribution in [0.15, 0.2) is 73.3 Å². The standard InChI is InChI=1S/C27H27F3N4O2/c1-26(2,3)36-25(35)33-24(12-18-4-8-23(9-5-18)27(28,29)30)17-34-16-22(15-32-34)19-6-7-21-14-31-11-10-20(21)13-19/h4-11,13-16,24H,12,17H2,1-3H3,(H,33,35)/t24-/m0/s1. The van der Waals surface area contributed by atoms with Gasteiger partial charge in [0.15, 0.2) is 0 Å². The van der Waals surface area contributed by atoms with E-state index in [4.69, 9.17) is 4.74 Å². The molecule has 4 aromatic rings.